The van der Waals surface area contributed by atoms with Gasteiger partial charge in [0.1, 0.15) is 12.0 Å². The van der Waals surface area contributed by atoms with Crippen LogP contribution < -0.4 is 22.1 Å². The lowest BCUT2D eigenvalue weighted by molar-refractivity contribution is -0.123. The number of amides is 2. The number of nitrogens with one attached hydrogen (secondary N) is 2. The van der Waals surface area contributed by atoms with Crippen LogP contribution in [-0.2, 0) is 9.59 Å². The van der Waals surface area contributed by atoms with Crippen LogP contribution in [0.15, 0.2) is 49.4 Å². The fourth-order valence-electron chi connectivity index (χ4n) is 5.01. The maximum absolute atomic E-state index is 11.5. The summed E-state index contributed by atoms with van der Waals surface area (Å²) in [6.07, 6.45) is 13.7. The van der Waals surface area contributed by atoms with Gasteiger partial charge in [-0.2, -0.15) is 0 Å². The second kappa shape index (κ2) is 11.4. The third-order valence-corrected chi connectivity index (χ3v) is 6.83. The highest BCUT2D eigenvalue weighted by Gasteiger charge is 2.28. The van der Waals surface area contributed by atoms with Crippen LogP contribution in [0.25, 0.3) is 17.0 Å². The molecule has 39 heavy (non-hydrogen) atoms. The number of nitrogens with two attached hydrogens (primary N) is 2. The number of nitrogens with zero attached hydrogens (tertiary/aromatic N) is 7. The summed E-state index contributed by atoms with van der Waals surface area (Å²) in [6, 6.07) is 4.11. The van der Waals surface area contributed by atoms with Crippen molar-refractivity contribution < 1.29 is 9.59 Å². The molecule has 0 aromatic carbocycles. The van der Waals surface area contributed by atoms with Crippen molar-refractivity contribution in [3.63, 3.8) is 0 Å². The van der Waals surface area contributed by atoms with Gasteiger partial charge in [0, 0.05) is 24.5 Å². The maximum atomic E-state index is 11.5. The molecule has 0 bridgehead atoms. The Morgan fingerprint density at radius 1 is 0.974 bits per heavy atom. The van der Waals surface area contributed by atoms with Gasteiger partial charge in [-0.3, -0.25) is 18.9 Å². The van der Waals surface area contributed by atoms with E-state index in [1.165, 1.54) is 6.33 Å². The Balaban J connectivity index is 1.30. The summed E-state index contributed by atoms with van der Waals surface area (Å²) < 4.78 is 1.99. The van der Waals surface area contributed by atoms with E-state index in [4.69, 9.17) is 16.5 Å². The lowest BCUT2D eigenvalue weighted by atomic mass is 9.90. The molecule has 13 heteroatoms. The fourth-order valence-corrected chi connectivity index (χ4v) is 5.01. The van der Waals surface area contributed by atoms with E-state index in [1.807, 2.05) is 29.7 Å². The topological polar surface area (TPSA) is 182 Å². The van der Waals surface area contributed by atoms with Crippen LogP contribution in [0, 0.1) is 6.92 Å². The Morgan fingerprint density at radius 3 is 2.38 bits per heavy atom. The van der Waals surface area contributed by atoms with E-state index in [0.29, 0.717) is 5.95 Å². The minimum absolute atomic E-state index is 0.0196. The number of carbonyl (C=O) groups excluding carboxylic acids is 2. The number of hydrogen-bond acceptors (Lipinski definition) is 10. The number of aryl methyl sites for hydroxylation is 1. The van der Waals surface area contributed by atoms with Gasteiger partial charge >= 0.3 is 0 Å². The van der Waals surface area contributed by atoms with Crippen LogP contribution in [0.1, 0.15) is 31.2 Å². The first-order valence-corrected chi connectivity index (χ1v) is 12.8. The summed E-state index contributed by atoms with van der Waals surface area (Å²) in [5.74, 6) is -0.404. The Kier molecular flexibility index (Phi) is 7.59. The van der Waals surface area contributed by atoms with Crippen LogP contribution in [0.3, 0.4) is 0 Å². The van der Waals surface area contributed by atoms with Gasteiger partial charge in [-0.1, -0.05) is 0 Å². The summed E-state index contributed by atoms with van der Waals surface area (Å²) in [6.45, 7) is 2.01. The fraction of sp³-hybridized carbons (Fsp3) is 0.346. The van der Waals surface area contributed by atoms with E-state index in [9.17, 15) is 9.59 Å². The standard InChI is InChI=1S/C26H31N11O2/c1-16-8-32-26(34-17-2-5-20(6-3-17)36(13-22(27)38)14-23(28)39)35-25(16)21-11-31-24-7-4-18(12-37(21)24)33-19-9-29-15-30-10-19/h4,7-12,15,17,20,33H,2-3,5-6,13-14H2,1H3,(H2,27,38)(H2,28,39)(H,32,34,35)/t17-,20-. The number of anilines is 3. The van der Waals surface area contributed by atoms with Crippen LogP contribution in [0.2, 0.25) is 0 Å². The molecule has 0 saturated heterocycles. The molecule has 1 fully saturated rings. The van der Waals surface area contributed by atoms with Gasteiger partial charge in [-0.15, -0.1) is 0 Å². The molecule has 0 atom stereocenters. The van der Waals surface area contributed by atoms with Crippen molar-refractivity contribution in [2.24, 2.45) is 11.5 Å². The quantitative estimate of drug-likeness (QED) is 0.235. The number of primary amides is 2. The molecule has 5 rings (SSSR count). The molecule has 4 heterocycles. The summed E-state index contributed by atoms with van der Waals surface area (Å²) in [7, 11) is 0. The van der Waals surface area contributed by atoms with E-state index in [1.54, 1.807) is 29.7 Å². The number of rotatable bonds is 10. The van der Waals surface area contributed by atoms with E-state index >= 15 is 0 Å². The molecule has 202 valence electrons. The summed E-state index contributed by atoms with van der Waals surface area (Å²) in [5.41, 5.74) is 15.7. The average molecular weight is 530 g/mol. The Labute approximate surface area is 225 Å². The molecule has 0 spiro atoms. The summed E-state index contributed by atoms with van der Waals surface area (Å²) in [5, 5.41) is 6.77. The number of hydrogen-bond donors (Lipinski definition) is 4. The zero-order valence-electron chi connectivity index (χ0n) is 21.6. The first-order valence-electron chi connectivity index (χ1n) is 12.8. The van der Waals surface area contributed by atoms with Crippen molar-refractivity contribution in [1.82, 2.24) is 34.2 Å². The van der Waals surface area contributed by atoms with Gasteiger partial charge in [-0.05, 0) is 50.3 Å². The monoisotopic (exact) mass is 529 g/mol. The molecular weight excluding hydrogens is 498 g/mol. The van der Waals surface area contributed by atoms with Gasteiger partial charge in [0.2, 0.25) is 17.8 Å². The largest absolute Gasteiger partial charge is 0.369 e. The molecule has 13 nitrogen and oxygen atoms in total. The molecule has 0 unspecified atom stereocenters. The summed E-state index contributed by atoms with van der Waals surface area (Å²) >= 11 is 0. The van der Waals surface area contributed by atoms with Crippen molar-refractivity contribution in [3.05, 3.63) is 55.0 Å². The predicted molar refractivity (Wildman–Crippen MR) is 146 cm³/mol. The van der Waals surface area contributed by atoms with E-state index in [-0.39, 0.29) is 25.2 Å². The third-order valence-electron chi connectivity index (χ3n) is 6.83. The van der Waals surface area contributed by atoms with Crippen molar-refractivity contribution >= 4 is 34.8 Å². The van der Waals surface area contributed by atoms with Crippen LogP contribution in [0.4, 0.5) is 17.3 Å². The highest BCUT2D eigenvalue weighted by atomic mass is 16.2. The SMILES string of the molecule is Cc1cnc(N[C@H]2CC[C@H](N(CC(N)=O)CC(N)=O)CC2)nc1-c1cnc2ccc(Nc3cncnc3)cn12. The van der Waals surface area contributed by atoms with Crippen molar-refractivity contribution in [3.8, 4) is 11.4 Å². The minimum atomic E-state index is -0.471. The first-order chi connectivity index (χ1) is 18.9. The molecule has 4 aromatic rings. The molecule has 2 amide bonds. The Hall–Kier alpha value is -4.65. The Morgan fingerprint density at radius 2 is 1.69 bits per heavy atom. The smallest absolute Gasteiger partial charge is 0.231 e. The van der Waals surface area contributed by atoms with Gasteiger partial charge in [0.25, 0.3) is 0 Å². The molecule has 1 saturated carbocycles. The van der Waals surface area contributed by atoms with Crippen LogP contribution in [0.5, 0.6) is 0 Å². The average Bonchev–Trinajstić information content (AvgIpc) is 3.33. The Bertz CT molecular complexity index is 1450. The molecular formula is C26H31N11O2. The maximum Gasteiger partial charge on any atom is 0.231 e. The highest BCUT2D eigenvalue weighted by Crippen LogP contribution is 2.28. The molecule has 6 N–H and O–H groups in total. The van der Waals surface area contributed by atoms with E-state index in [0.717, 1.165) is 59.7 Å². The number of aromatic nitrogens is 6. The second-order valence-electron chi connectivity index (χ2n) is 9.75. The molecule has 0 radical (unpaired) electrons. The first kappa shape index (κ1) is 26.0. The van der Waals surface area contributed by atoms with Gasteiger partial charge in [0.15, 0.2) is 0 Å². The number of carbonyl (C=O) groups is 2. The van der Waals surface area contributed by atoms with Crippen LogP contribution in [-0.4, -0.2) is 71.2 Å². The lowest BCUT2D eigenvalue weighted by Gasteiger charge is -2.35. The van der Waals surface area contributed by atoms with Gasteiger partial charge < -0.3 is 22.1 Å². The molecule has 4 aromatic heterocycles. The van der Waals surface area contributed by atoms with Crippen molar-refractivity contribution in [2.75, 3.05) is 23.7 Å². The summed E-state index contributed by atoms with van der Waals surface area (Å²) in [4.78, 5) is 46.7. The number of pyridine rings is 1. The normalized spacial score (nSPS) is 17.3. The van der Waals surface area contributed by atoms with E-state index < -0.39 is 11.8 Å². The molecule has 1 aliphatic rings. The van der Waals surface area contributed by atoms with Crippen molar-refractivity contribution in [1.29, 1.82) is 0 Å². The highest BCUT2D eigenvalue weighted by molar-refractivity contribution is 5.79. The minimum Gasteiger partial charge on any atom is -0.369 e. The zero-order chi connectivity index (χ0) is 27.4. The number of fused-ring (bicyclic) bond motifs is 1. The van der Waals surface area contributed by atoms with E-state index in [2.05, 4.69) is 30.6 Å². The third kappa shape index (κ3) is 6.26. The van der Waals surface area contributed by atoms with Gasteiger partial charge in [-0.25, -0.2) is 24.9 Å². The van der Waals surface area contributed by atoms with Crippen molar-refractivity contribution in [2.45, 2.75) is 44.7 Å². The predicted octanol–water partition coefficient (Wildman–Crippen LogP) is 1.63. The van der Waals surface area contributed by atoms with Crippen LogP contribution >= 0.6 is 0 Å². The second-order valence-corrected chi connectivity index (χ2v) is 9.75. The zero-order valence-corrected chi connectivity index (χ0v) is 21.6. The van der Waals surface area contributed by atoms with Gasteiger partial charge in [0.05, 0.1) is 54.4 Å². The lowest BCUT2D eigenvalue weighted by Crippen LogP contribution is -2.47. The number of imidazole rings is 1. The molecule has 1 aliphatic carbocycles. The molecule has 0 aliphatic heterocycles.